The van der Waals surface area contributed by atoms with Crippen LogP contribution in [0.5, 0.6) is 0 Å². The maximum atomic E-state index is 13.1. The summed E-state index contributed by atoms with van der Waals surface area (Å²) in [5.41, 5.74) is 3.26. The predicted molar refractivity (Wildman–Crippen MR) is 96.5 cm³/mol. The third kappa shape index (κ3) is 3.62. The van der Waals surface area contributed by atoms with Crippen LogP contribution in [0.15, 0.2) is 53.9 Å². The lowest BCUT2D eigenvalue weighted by Crippen LogP contribution is -2.26. The zero-order valence-corrected chi connectivity index (χ0v) is 14.5. The van der Waals surface area contributed by atoms with Crippen molar-refractivity contribution in [3.8, 4) is 10.6 Å². The number of halogens is 2. The fourth-order valence-corrected chi connectivity index (χ4v) is 3.89. The number of rotatable bonds is 6. The highest BCUT2D eigenvalue weighted by molar-refractivity contribution is 7.13. The van der Waals surface area contributed by atoms with Gasteiger partial charge in [-0.05, 0) is 54.8 Å². The minimum Gasteiger partial charge on any atom is -0.310 e. The molecule has 0 bridgehead atoms. The Morgan fingerprint density at radius 3 is 2.24 bits per heavy atom. The molecule has 1 saturated carbocycles. The summed E-state index contributed by atoms with van der Waals surface area (Å²) in [6.07, 6.45) is 2.26. The van der Waals surface area contributed by atoms with E-state index in [2.05, 4.69) is 10.3 Å². The summed E-state index contributed by atoms with van der Waals surface area (Å²) >= 11 is 1.56. The molecule has 5 heteroatoms. The van der Waals surface area contributed by atoms with Crippen LogP contribution in [-0.4, -0.2) is 11.5 Å². The van der Waals surface area contributed by atoms with Gasteiger partial charge in [-0.15, -0.1) is 11.3 Å². The van der Waals surface area contributed by atoms with Gasteiger partial charge in [-0.2, -0.15) is 0 Å². The van der Waals surface area contributed by atoms with Gasteiger partial charge in [0.25, 0.3) is 0 Å². The summed E-state index contributed by atoms with van der Waals surface area (Å²) in [6.45, 7) is 1.56. The molecule has 1 aliphatic carbocycles. The van der Waals surface area contributed by atoms with E-state index < -0.39 is 0 Å². The number of hydrogen-bond acceptors (Lipinski definition) is 3. The second kappa shape index (κ2) is 6.65. The SMILES string of the molecule is Fc1ccc(-c2nc(CNCC3(c4ccc(F)cc4)CC3)cs2)cc1. The Morgan fingerprint density at radius 2 is 1.60 bits per heavy atom. The largest absolute Gasteiger partial charge is 0.310 e. The lowest BCUT2D eigenvalue weighted by atomic mass is 9.96. The molecule has 0 unspecified atom stereocenters. The third-order valence-electron chi connectivity index (χ3n) is 4.72. The smallest absolute Gasteiger partial charge is 0.123 e. The number of hydrogen-bond donors (Lipinski definition) is 1. The summed E-state index contributed by atoms with van der Waals surface area (Å²) in [4.78, 5) is 4.62. The van der Waals surface area contributed by atoms with Gasteiger partial charge in [0, 0.05) is 29.4 Å². The molecule has 25 heavy (non-hydrogen) atoms. The molecule has 2 aromatic carbocycles. The first-order chi connectivity index (χ1) is 12.1. The van der Waals surface area contributed by atoms with E-state index in [9.17, 15) is 8.78 Å². The summed E-state index contributed by atoms with van der Waals surface area (Å²) in [7, 11) is 0. The molecule has 1 aliphatic rings. The van der Waals surface area contributed by atoms with Crippen molar-refractivity contribution in [2.75, 3.05) is 6.54 Å². The minimum atomic E-state index is -0.238. The number of benzene rings is 2. The van der Waals surface area contributed by atoms with Crippen LogP contribution in [0.1, 0.15) is 24.1 Å². The topological polar surface area (TPSA) is 24.9 Å². The van der Waals surface area contributed by atoms with Crippen LogP contribution < -0.4 is 5.32 Å². The molecule has 0 spiro atoms. The monoisotopic (exact) mass is 356 g/mol. The normalized spacial score (nSPS) is 15.3. The van der Waals surface area contributed by atoms with E-state index in [0.717, 1.165) is 35.7 Å². The highest BCUT2D eigenvalue weighted by Gasteiger charge is 2.43. The molecule has 0 radical (unpaired) electrons. The molecule has 1 heterocycles. The van der Waals surface area contributed by atoms with Crippen molar-refractivity contribution in [2.24, 2.45) is 0 Å². The van der Waals surface area contributed by atoms with E-state index in [1.165, 1.54) is 29.8 Å². The van der Waals surface area contributed by atoms with E-state index in [1.807, 2.05) is 17.5 Å². The summed E-state index contributed by atoms with van der Waals surface area (Å²) in [5.74, 6) is -0.430. The Kier molecular flexibility index (Phi) is 4.36. The lowest BCUT2D eigenvalue weighted by Gasteiger charge is -2.16. The van der Waals surface area contributed by atoms with E-state index in [0.29, 0.717) is 6.54 Å². The maximum absolute atomic E-state index is 13.1. The Morgan fingerprint density at radius 1 is 0.960 bits per heavy atom. The van der Waals surface area contributed by atoms with Crippen LogP contribution in [-0.2, 0) is 12.0 Å². The van der Waals surface area contributed by atoms with Crippen molar-refractivity contribution in [3.63, 3.8) is 0 Å². The Balaban J connectivity index is 1.36. The Labute approximate surface area is 149 Å². The first-order valence-electron chi connectivity index (χ1n) is 8.32. The molecule has 3 aromatic rings. The summed E-state index contributed by atoms with van der Waals surface area (Å²) in [6, 6.07) is 13.2. The fourth-order valence-electron chi connectivity index (χ4n) is 3.06. The highest BCUT2D eigenvalue weighted by Crippen LogP contribution is 2.47. The molecule has 2 nitrogen and oxygen atoms in total. The quantitative estimate of drug-likeness (QED) is 0.679. The molecular formula is C20H18F2N2S. The first kappa shape index (κ1) is 16.4. The van der Waals surface area contributed by atoms with Crippen molar-refractivity contribution in [1.82, 2.24) is 10.3 Å². The third-order valence-corrected chi connectivity index (χ3v) is 5.66. The summed E-state index contributed by atoms with van der Waals surface area (Å²) in [5, 5.41) is 6.41. The summed E-state index contributed by atoms with van der Waals surface area (Å²) < 4.78 is 26.1. The Bertz CT molecular complexity index is 852. The van der Waals surface area contributed by atoms with E-state index in [1.54, 1.807) is 23.5 Å². The zero-order valence-electron chi connectivity index (χ0n) is 13.6. The molecule has 128 valence electrons. The van der Waals surface area contributed by atoms with E-state index >= 15 is 0 Å². The molecule has 0 atom stereocenters. The van der Waals surface area contributed by atoms with Crippen molar-refractivity contribution < 1.29 is 8.78 Å². The van der Waals surface area contributed by atoms with Gasteiger partial charge >= 0.3 is 0 Å². The van der Waals surface area contributed by atoms with Gasteiger partial charge in [0.2, 0.25) is 0 Å². The Hall–Kier alpha value is -2.11. The van der Waals surface area contributed by atoms with Gasteiger partial charge < -0.3 is 5.32 Å². The first-order valence-corrected chi connectivity index (χ1v) is 9.20. The second-order valence-electron chi connectivity index (χ2n) is 6.54. The number of nitrogens with one attached hydrogen (secondary N) is 1. The average molecular weight is 356 g/mol. The van der Waals surface area contributed by atoms with Gasteiger partial charge in [-0.1, -0.05) is 12.1 Å². The van der Waals surface area contributed by atoms with E-state index in [4.69, 9.17) is 0 Å². The number of aromatic nitrogens is 1. The molecular weight excluding hydrogens is 338 g/mol. The molecule has 0 saturated heterocycles. The predicted octanol–water partition coefficient (Wildman–Crippen LogP) is 4.91. The fraction of sp³-hybridized carbons (Fsp3) is 0.250. The highest BCUT2D eigenvalue weighted by atomic mass is 32.1. The van der Waals surface area contributed by atoms with Gasteiger partial charge in [0.05, 0.1) is 5.69 Å². The second-order valence-corrected chi connectivity index (χ2v) is 7.40. The van der Waals surface area contributed by atoms with Gasteiger partial charge in [-0.25, -0.2) is 13.8 Å². The van der Waals surface area contributed by atoms with Crippen LogP contribution in [0.25, 0.3) is 10.6 Å². The minimum absolute atomic E-state index is 0.142. The van der Waals surface area contributed by atoms with Crippen LogP contribution in [0.4, 0.5) is 8.78 Å². The zero-order chi connectivity index (χ0) is 17.3. The van der Waals surface area contributed by atoms with Crippen molar-refractivity contribution >= 4 is 11.3 Å². The van der Waals surface area contributed by atoms with Crippen molar-refractivity contribution in [3.05, 3.63) is 76.8 Å². The van der Waals surface area contributed by atoms with Gasteiger partial charge in [-0.3, -0.25) is 0 Å². The van der Waals surface area contributed by atoms with Crippen molar-refractivity contribution in [2.45, 2.75) is 24.8 Å². The maximum Gasteiger partial charge on any atom is 0.123 e. The van der Waals surface area contributed by atoms with Gasteiger partial charge in [0.15, 0.2) is 0 Å². The molecule has 1 N–H and O–H groups in total. The molecule has 1 fully saturated rings. The van der Waals surface area contributed by atoms with Crippen LogP contribution >= 0.6 is 11.3 Å². The molecule has 0 aliphatic heterocycles. The molecule has 0 amide bonds. The molecule has 4 rings (SSSR count). The van der Waals surface area contributed by atoms with Gasteiger partial charge in [0.1, 0.15) is 16.6 Å². The average Bonchev–Trinajstić information content (AvgIpc) is 3.26. The molecule has 1 aromatic heterocycles. The standard InChI is InChI=1S/C20H18F2N2S/c21-16-5-1-14(2-6-16)19-24-18(12-25-19)11-23-13-20(9-10-20)15-3-7-17(22)8-4-15/h1-8,12,23H,9-11,13H2. The number of nitrogens with zero attached hydrogens (tertiary/aromatic N) is 1. The number of thiazole rings is 1. The lowest BCUT2D eigenvalue weighted by molar-refractivity contribution is 0.568. The van der Waals surface area contributed by atoms with Crippen LogP contribution in [0, 0.1) is 11.6 Å². The van der Waals surface area contributed by atoms with E-state index in [-0.39, 0.29) is 17.0 Å². The van der Waals surface area contributed by atoms with Crippen LogP contribution in [0.2, 0.25) is 0 Å². The van der Waals surface area contributed by atoms with Crippen LogP contribution in [0.3, 0.4) is 0 Å². The van der Waals surface area contributed by atoms with Crippen molar-refractivity contribution in [1.29, 1.82) is 0 Å².